The lowest BCUT2D eigenvalue weighted by Gasteiger charge is -2.38. The van der Waals surface area contributed by atoms with E-state index in [1.165, 1.54) is 12.8 Å². The topological polar surface area (TPSA) is 17.1 Å². The number of carbonyl (C=O) groups excluding carboxylic acids is 1. The summed E-state index contributed by atoms with van der Waals surface area (Å²) in [7, 11) is 0. The monoisotopic (exact) mass is 154 g/mol. The van der Waals surface area contributed by atoms with Gasteiger partial charge in [0.2, 0.25) is 0 Å². The largest absolute Gasteiger partial charge is 0.303 e. The van der Waals surface area contributed by atoms with Crippen molar-refractivity contribution in [1.29, 1.82) is 0 Å². The molecule has 0 heterocycles. The van der Waals surface area contributed by atoms with Gasteiger partial charge in [-0.05, 0) is 24.7 Å². The summed E-state index contributed by atoms with van der Waals surface area (Å²) in [6.07, 6.45) is 4.76. The molecule has 0 aromatic heterocycles. The summed E-state index contributed by atoms with van der Waals surface area (Å²) in [5.41, 5.74) is -0.0301. The maximum atomic E-state index is 10.8. The SMILES string of the molecule is CC1CCC(C)C(C)(C=O)C1. The van der Waals surface area contributed by atoms with Crippen molar-refractivity contribution in [3.05, 3.63) is 0 Å². The summed E-state index contributed by atoms with van der Waals surface area (Å²) >= 11 is 0. The Morgan fingerprint density at radius 2 is 2.00 bits per heavy atom. The van der Waals surface area contributed by atoms with Crippen LogP contribution in [0.2, 0.25) is 0 Å². The fourth-order valence-electron chi connectivity index (χ4n) is 2.08. The zero-order valence-corrected chi connectivity index (χ0v) is 7.76. The van der Waals surface area contributed by atoms with Gasteiger partial charge < -0.3 is 4.79 Å². The Morgan fingerprint density at radius 3 is 2.45 bits per heavy atom. The minimum absolute atomic E-state index is 0.0301. The average Bonchev–Trinajstić information content (AvgIpc) is 1.98. The number of carbonyl (C=O) groups is 1. The van der Waals surface area contributed by atoms with Gasteiger partial charge in [-0.3, -0.25) is 0 Å². The second-order valence-electron chi connectivity index (χ2n) is 4.41. The fraction of sp³-hybridized carbons (Fsp3) is 0.900. The molecule has 1 saturated carbocycles. The predicted molar refractivity (Wildman–Crippen MR) is 46.4 cm³/mol. The van der Waals surface area contributed by atoms with Gasteiger partial charge in [0.25, 0.3) is 0 Å². The quantitative estimate of drug-likeness (QED) is 0.531. The molecule has 0 radical (unpaired) electrons. The average molecular weight is 154 g/mol. The molecule has 11 heavy (non-hydrogen) atoms. The highest BCUT2D eigenvalue weighted by Gasteiger charge is 2.35. The number of rotatable bonds is 1. The van der Waals surface area contributed by atoms with Gasteiger partial charge in [-0.2, -0.15) is 0 Å². The second kappa shape index (κ2) is 2.96. The molecule has 0 spiro atoms. The lowest BCUT2D eigenvalue weighted by molar-refractivity contribution is -0.120. The van der Waals surface area contributed by atoms with Gasteiger partial charge in [0.1, 0.15) is 6.29 Å². The van der Waals surface area contributed by atoms with Gasteiger partial charge in [0.05, 0.1) is 0 Å². The van der Waals surface area contributed by atoms with Crippen LogP contribution in [0.4, 0.5) is 0 Å². The molecule has 1 nitrogen and oxygen atoms in total. The molecule has 3 unspecified atom stereocenters. The predicted octanol–water partition coefficient (Wildman–Crippen LogP) is 2.65. The summed E-state index contributed by atoms with van der Waals surface area (Å²) in [5.74, 6) is 1.32. The summed E-state index contributed by atoms with van der Waals surface area (Å²) in [4.78, 5) is 10.8. The highest BCUT2D eigenvalue weighted by molar-refractivity contribution is 5.59. The second-order valence-corrected chi connectivity index (χ2v) is 4.41. The molecule has 1 rings (SSSR count). The van der Waals surface area contributed by atoms with E-state index in [0.29, 0.717) is 5.92 Å². The highest BCUT2D eigenvalue weighted by Crippen LogP contribution is 2.41. The van der Waals surface area contributed by atoms with E-state index in [4.69, 9.17) is 0 Å². The van der Waals surface area contributed by atoms with Crippen LogP contribution >= 0.6 is 0 Å². The van der Waals surface area contributed by atoms with E-state index in [1.54, 1.807) is 0 Å². The molecule has 0 N–H and O–H groups in total. The Hall–Kier alpha value is -0.330. The zero-order chi connectivity index (χ0) is 8.48. The van der Waals surface area contributed by atoms with Crippen LogP contribution in [-0.2, 0) is 4.79 Å². The minimum atomic E-state index is -0.0301. The van der Waals surface area contributed by atoms with Gasteiger partial charge >= 0.3 is 0 Å². The molecule has 0 bridgehead atoms. The molecule has 1 fully saturated rings. The first-order valence-corrected chi connectivity index (χ1v) is 4.55. The Kier molecular flexibility index (Phi) is 2.36. The third-order valence-corrected chi connectivity index (χ3v) is 3.28. The van der Waals surface area contributed by atoms with Crippen LogP contribution < -0.4 is 0 Å². The Balaban J connectivity index is 2.67. The molecule has 0 saturated heterocycles. The molecule has 1 aliphatic carbocycles. The van der Waals surface area contributed by atoms with E-state index in [2.05, 4.69) is 20.8 Å². The third-order valence-electron chi connectivity index (χ3n) is 3.28. The van der Waals surface area contributed by atoms with Crippen LogP contribution in [0.15, 0.2) is 0 Å². The molecule has 0 amide bonds. The van der Waals surface area contributed by atoms with E-state index in [0.717, 1.165) is 18.6 Å². The zero-order valence-electron chi connectivity index (χ0n) is 7.76. The van der Waals surface area contributed by atoms with Crippen LogP contribution in [0, 0.1) is 17.3 Å². The van der Waals surface area contributed by atoms with E-state index >= 15 is 0 Å². The number of hydrogen-bond acceptors (Lipinski definition) is 1. The summed E-state index contributed by atoms with van der Waals surface area (Å²) in [6.45, 7) is 6.54. The lowest BCUT2D eigenvalue weighted by Crippen LogP contribution is -2.33. The Labute approximate surface area is 69.2 Å². The van der Waals surface area contributed by atoms with Crippen LogP contribution in [0.1, 0.15) is 40.0 Å². The van der Waals surface area contributed by atoms with Gasteiger partial charge in [0, 0.05) is 5.41 Å². The van der Waals surface area contributed by atoms with Gasteiger partial charge in [-0.15, -0.1) is 0 Å². The first kappa shape index (κ1) is 8.76. The van der Waals surface area contributed by atoms with Crippen LogP contribution in [0.25, 0.3) is 0 Å². The maximum absolute atomic E-state index is 10.8. The van der Waals surface area contributed by atoms with Crippen molar-refractivity contribution in [2.24, 2.45) is 17.3 Å². The molecular weight excluding hydrogens is 136 g/mol. The Bertz CT molecular complexity index is 153. The fourth-order valence-corrected chi connectivity index (χ4v) is 2.08. The molecular formula is C10H18O. The van der Waals surface area contributed by atoms with Crippen molar-refractivity contribution in [3.63, 3.8) is 0 Å². The smallest absolute Gasteiger partial charge is 0.126 e. The first-order valence-electron chi connectivity index (χ1n) is 4.55. The van der Waals surface area contributed by atoms with Crippen molar-refractivity contribution in [3.8, 4) is 0 Å². The third kappa shape index (κ3) is 1.63. The van der Waals surface area contributed by atoms with Gasteiger partial charge in [0.15, 0.2) is 0 Å². The van der Waals surface area contributed by atoms with Crippen LogP contribution in [0.5, 0.6) is 0 Å². The standard InChI is InChI=1S/C10H18O/c1-8-4-5-9(2)10(3,6-8)7-11/h7-9H,4-6H2,1-3H3. The summed E-state index contributed by atoms with van der Waals surface area (Å²) < 4.78 is 0. The van der Waals surface area contributed by atoms with Crippen molar-refractivity contribution in [1.82, 2.24) is 0 Å². The molecule has 0 aromatic carbocycles. The summed E-state index contributed by atoms with van der Waals surface area (Å²) in [5, 5.41) is 0. The van der Waals surface area contributed by atoms with Gasteiger partial charge in [-0.1, -0.05) is 27.2 Å². The van der Waals surface area contributed by atoms with E-state index in [1.807, 2.05) is 0 Å². The van der Waals surface area contributed by atoms with Crippen molar-refractivity contribution >= 4 is 6.29 Å². The molecule has 3 atom stereocenters. The van der Waals surface area contributed by atoms with E-state index in [-0.39, 0.29) is 5.41 Å². The van der Waals surface area contributed by atoms with Crippen LogP contribution in [0.3, 0.4) is 0 Å². The minimum Gasteiger partial charge on any atom is -0.303 e. The summed E-state index contributed by atoms with van der Waals surface area (Å²) in [6, 6.07) is 0. The molecule has 1 aliphatic rings. The van der Waals surface area contributed by atoms with E-state index in [9.17, 15) is 4.79 Å². The molecule has 0 aromatic rings. The highest BCUT2D eigenvalue weighted by atomic mass is 16.1. The van der Waals surface area contributed by atoms with Gasteiger partial charge in [-0.25, -0.2) is 0 Å². The number of aldehydes is 1. The molecule has 64 valence electrons. The molecule has 0 aliphatic heterocycles. The van der Waals surface area contributed by atoms with E-state index < -0.39 is 0 Å². The van der Waals surface area contributed by atoms with Crippen LogP contribution in [-0.4, -0.2) is 6.29 Å². The van der Waals surface area contributed by atoms with Crippen molar-refractivity contribution in [2.75, 3.05) is 0 Å². The number of hydrogen-bond donors (Lipinski definition) is 0. The normalized spacial score (nSPS) is 45.4. The lowest BCUT2D eigenvalue weighted by atomic mass is 9.66. The molecule has 1 heteroatoms. The maximum Gasteiger partial charge on any atom is 0.126 e. The first-order chi connectivity index (χ1) is 5.08. The Morgan fingerprint density at radius 1 is 1.36 bits per heavy atom. The van der Waals surface area contributed by atoms with Crippen molar-refractivity contribution in [2.45, 2.75) is 40.0 Å². The van der Waals surface area contributed by atoms with Crippen molar-refractivity contribution < 1.29 is 4.79 Å².